The average Bonchev–Trinajstić information content (AvgIpc) is 3.27. The molecule has 1 amide bonds. The summed E-state index contributed by atoms with van der Waals surface area (Å²) in [6.45, 7) is 11.7. The van der Waals surface area contributed by atoms with Crippen LogP contribution in [0.15, 0.2) is 66.7 Å². The van der Waals surface area contributed by atoms with E-state index < -0.39 is 0 Å². The van der Waals surface area contributed by atoms with Gasteiger partial charge in [-0.3, -0.25) is 4.79 Å². The van der Waals surface area contributed by atoms with Crippen molar-refractivity contribution in [3.63, 3.8) is 0 Å². The van der Waals surface area contributed by atoms with Gasteiger partial charge in [-0.2, -0.15) is 0 Å². The Morgan fingerprint density at radius 3 is 2.40 bits per heavy atom. The molecular weight excluding hydrogens is 530 g/mol. The monoisotopic (exact) mass is 581 g/mol. The summed E-state index contributed by atoms with van der Waals surface area (Å²) in [6.07, 6.45) is 11.2. The van der Waals surface area contributed by atoms with Gasteiger partial charge in [0.25, 0.3) is 5.91 Å². The minimum atomic E-state index is -0.0635. The zero-order chi connectivity index (χ0) is 29.6. The van der Waals surface area contributed by atoms with Gasteiger partial charge in [0.1, 0.15) is 5.75 Å². The van der Waals surface area contributed by atoms with Crippen LogP contribution in [0.4, 0.5) is 0 Å². The second kappa shape index (κ2) is 13.8. The Morgan fingerprint density at radius 2 is 1.60 bits per heavy atom. The van der Waals surface area contributed by atoms with E-state index in [1.165, 1.54) is 74.6 Å². The van der Waals surface area contributed by atoms with Crippen molar-refractivity contribution in [2.45, 2.75) is 89.2 Å². The molecule has 1 atom stereocenters. The number of likely N-dealkylation sites (tertiary alicyclic amines) is 3. The molecule has 6 rings (SSSR count). The Kier molecular flexibility index (Phi) is 9.69. The lowest BCUT2D eigenvalue weighted by Gasteiger charge is -2.42. The smallest absolute Gasteiger partial charge is 0.254 e. The van der Waals surface area contributed by atoms with E-state index in [0.29, 0.717) is 0 Å². The molecule has 0 saturated carbocycles. The first-order valence-electron chi connectivity index (χ1n) is 17.0. The quantitative estimate of drug-likeness (QED) is 0.276. The number of benzene rings is 3. The number of rotatable bonds is 8. The van der Waals surface area contributed by atoms with Gasteiger partial charge in [-0.1, -0.05) is 61.4 Å². The first-order valence-corrected chi connectivity index (χ1v) is 17.0. The van der Waals surface area contributed by atoms with E-state index >= 15 is 0 Å². The van der Waals surface area contributed by atoms with E-state index in [1.54, 1.807) is 0 Å². The number of hydrogen-bond donors (Lipinski definition) is 0. The van der Waals surface area contributed by atoms with Crippen molar-refractivity contribution in [2.24, 2.45) is 0 Å². The third-order valence-electron chi connectivity index (χ3n) is 10.3. The molecule has 0 aliphatic carbocycles. The molecule has 0 aromatic heterocycles. The highest BCUT2D eigenvalue weighted by Crippen LogP contribution is 2.39. The van der Waals surface area contributed by atoms with Gasteiger partial charge in [-0.05, 0) is 126 Å². The molecule has 3 aliphatic heterocycles. The van der Waals surface area contributed by atoms with Gasteiger partial charge >= 0.3 is 0 Å². The summed E-state index contributed by atoms with van der Waals surface area (Å²) < 4.78 is 5.94. The molecule has 0 bridgehead atoms. The standard InChI is InChI=1S/C38H51N3O2/c1-30(2)43-36-14-10-13-33(28-36)37(42)41-23-9-6-19-38(29-41,34-16-15-31-11-4-5-12-32(31)27-34)20-26-39-24-17-35(18-25-39)40-21-7-3-8-22-40/h4-5,10-16,27-28,30,35H,3,6-9,17-26,29H2,1-2H3/t38-/m1/s1. The van der Waals surface area contributed by atoms with E-state index in [1.807, 2.05) is 38.1 Å². The summed E-state index contributed by atoms with van der Waals surface area (Å²) in [5, 5.41) is 2.58. The molecule has 5 nitrogen and oxygen atoms in total. The van der Waals surface area contributed by atoms with E-state index in [9.17, 15) is 4.79 Å². The Labute approximate surface area is 259 Å². The zero-order valence-electron chi connectivity index (χ0n) is 26.5. The van der Waals surface area contributed by atoms with Crippen LogP contribution in [-0.2, 0) is 5.41 Å². The van der Waals surface area contributed by atoms with Gasteiger partial charge in [0, 0.05) is 30.1 Å². The Morgan fingerprint density at radius 1 is 0.837 bits per heavy atom. The summed E-state index contributed by atoms with van der Waals surface area (Å²) in [6, 6.07) is 24.3. The molecule has 3 heterocycles. The number of hydrogen-bond acceptors (Lipinski definition) is 4. The Balaban J connectivity index is 1.23. The van der Waals surface area contributed by atoms with Gasteiger partial charge in [0.2, 0.25) is 0 Å². The maximum atomic E-state index is 14.1. The Hall–Kier alpha value is -2.89. The third kappa shape index (κ3) is 7.26. The molecule has 230 valence electrons. The van der Waals surface area contributed by atoms with Crippen molar-refractivity contribution in [3.8, 4) is 5.75 Å². The van der Waals surface area contributed by atoms with Gasteiger partial charge in [0.15, 0.2) is 0 Å². The van der Waals surface area contributed by atoms with Crippen LogP contribution in [0, 0.1) is 0 Å². The van der Waals surface area contributed by atoms with Crippen LogP contribution in [0.3, 0.4) is 0 Å². The van der Waals surface area contributed by atoms with E-state index in [-0.39, 0.29) is 17.4 Å². The van der Waals surface area contributed by atoms with Gasteiger partial charge in [-0.15, -0.1) is 0 Å². The predicted octanol–water partition coefficient (Wildman–Crippen LogP) is 7.53. The molecule has 3 saturated heterocycles. The fourth-order valence-corrected chi connectivity index (χ4v) is 7.89. The number of amides is 1. The van der Waals surface area contributed by atoms with Crippen LogP contribution in [0.1, 0.15) is 87.6 Å². The molecule has 0 N–H and O–H groups in total. The molecular formula is C38H51N3O2. The first kappa shape index (κ1) is 30.1. The minimum Gasteiger partial charge on any atom is -0.491 e. The number of nitrogens with zero attached hydrogens (tertiary/aromatic N) is 3. The summed E-state index contributed by atoms with van der Waals surface area (Å²) in [5.41, 5.74) is 2.06. The first-order chi connectivity index (χ1) is 21.0. The lowest BCUT2D eigenvalue weighted by molar-refractivity contribution is 0.0695. The maximum absolute atomic E-state index is 14.1. The van der Waals surface area contributed by atoms with E-state index in [4.69, 9.17) is 4.74 Å². The average molecular weight is 582 g/mol. The van der Waals surface area contributed by atoms with Crippen molar-refractivity contribution in [1.82, 2.24) is 14.7 Å². The van der Waals surface area contributed by atoms with Crippen molar-refractivity contribution in [3.05, 3.63) is 77.9 Å². The summed E-state index contributed by atoms with van der Waals surface area (Å²) in [5.74, 6) is 0.896. The highest BCUT2D eigenvalue weighted by Gasteiger charge is 2.38. The van der Waals surface area contributed by atoms with Crippen LogP contribution < -0.4 is 4.74 Å². The number of fused-ring (bicyclic) bond motifs is 1. The topological polar surface area (TPSA) is 36.0 Å². The zero-order valence-corrected chi connectivity index (χ0v) is 26.5. The fraction of sp³-hybridized carbons (Fsp3) is 0.553. The second-order valence-electron chi connectivity index (χ2n) is 13.6. The number of ether oxygens (including phenoxy) is 1. The normalized spacial score (nSPS) is 23.0. The van der Waals surface area contributed by atoms with Gasteiger partial charge in [-0.25, -0.2) is 0 Å². The van der Waals surface area contributed by atoms with Crippen molar-refractivity contribution in [2.75, 3.05) is 45.8 Å². The van der Waals surface area contributed by atoms with Crippen LogP contribution in [0.5, 0.6) is 5.75 Å². The highest BCUT2D eigenvalue weighted by molar-refractivity contribution is 5.94. The van der Waals surface area contributed by atoms with Crippen molar-refractivity contribution in [1.29, 1.82) is 0 Å². The summed E-state index contributed by atoms with van der Waals surface area (Å²) >= 11 is 0. The van der Waals surface area contributed by atoms with Crippen LogP contribution >= 0.6 is 0 Å². The predicted molar refractivity (Wildman–Crippen MR) is 177 cm³/mol. The summed E-state index contributed by atoms with van der Waals surface area (Å²) in [7, 11) is 0. The molecule has 0 spiro atoms. The fourth-order valence-electron chi connectivity index (χ4n) is 7.89. The summed E-state index contributed by atoms with van der Waals surface area (Å²) in [4.78, 5) is 21.7. The maximum Gasteiger partial charge on any atom is 0.254 e. The lowest BCUT2D eigenvalue weighted by Crippen LogP contribution is -2.48. The molecule has 0 unspecified atom stereocenters. The molecule has 43 heavy (non-hydrogen) atoms. The molecule has 0 radical (unpaired) electrons. The van der Waals surface area contributed by atoms with Crippen LogP contribution in [0.25, 0.3) is 10.8 Å². The highest BCUT2D eigenvalue weighted by atomic mass is 16.5. The van der Waals surface area contributed by atoms with Crippen molar-refractivity contribution >= 4 is 16.7 Å². The van der Waals surface area contributed by atoms with Gasteiger partial charge in [0.05, 0.1) is 6.10 Å². The SMILES string of the molecule is CC(C)Oc1cccc(C(=O)N2CCCC[C@](CCN3CCC(N4CCCCC4)CC3)(c3ccc4ccccc4c3)C2)c1. The molecule has 3 fully saturated rings. The largest absolute Gasteiger partial charge is 0.491 e. The van der Waals surface area contributed by atoms with E-state index in [0.717, 1.165) is 62.7 Å². The van der Waals surface area contributed by atoms with Gasteiger partial charge < -0.3 is 19.4 Å². The number of piperidine rings is 2. The number of carbonyl (C=O) groups excluding carboxylic acids is 1. The third-order valence-corrected chi connectivity index (χ3v) is 10.3. The molecule has 3 aromatic carbocycles. The van der Waals surface area contributed by atoms with Crippen molar-refractivity contribution < 1.29 is 9.53 Å². The molecule has 3 aromatic rings. The lowest BCUT2D eigenvalue weighted by atomic mass is 9.73. The van der Waals surface area contributed by atoms with E-state index in [2.05, 4.69) is 57.2 Å². The Bertz CT molecular complexity index is 1360. The number of carbonyl (C=O) groups is 1. The van der Waals surface area contributed by atoms with Crippen LogP contribution in [0.2, 0.25) is 0 Å². The molecule has 3 aliphatic rings. The minimum absolute atomic E-state index is 0.0635. The second-order valence-corrected chi connectivity index (χ2v) is 13.6. The van der Waals surface area contributed by atoms with Crippen LogP contribution in [-0.4, -0.2) is 78.6 Å². The molecule has 5 heteroatoms.